The summed E-state index contributed by atoms with van der Waals surface area (Å²) in [5, 5.41) is 11.1. The van der Waals surface area contributed by atoms with Crippen LogP contribution in [0.25, 0.3) is 5.76 Å². The number of likely N-dealkylation sites (N-methyl/N-ethyl adjacent to an activating group) is 1. The van der Waals surface area contributed by atoms with E-state index in [-0.39, 0.29) is 11.3 Å². The van der Waals surface area contributed by atoms with Gasteiger partial charge in [-0.15, -0.1) is 0 Å². The number of hydrogen-bond donors (Lipinski definition) is 1. The summed E-state index contributed by atoms with van der Waals surface area (Å²) in [5.74, 6) is -0.782. The number of ether oxygens (including phenoxy) is 1. The molecular formula is C25H28N2O4. The van der Waals surface area contributed by atoms with Gasteiger partial charge in [-0.1, -0.05) is 43.0 Å². The van der Waals surface area contributed by atoms with E-state index in [9.17, 15) is 14.7 Å². The molecule has 1 saturated heterocycles. The van der Waals surface area contributed by atoms with Crippen LogP contribution < -0.4 is 4.74 Å². The van der Waals surface area contributed by atoms with Gasteiger partial charge in [0.15, 0.2) is 0 Å². The Morgan fingerprint density at radius 1 is 1.19 bits per heavy atom. The summed E-state index contributed by atoms with van der Waals surface area (Å²) in [6.07, 6.45) is 1.66. The quantitative estimate of drug-likeness (QED) is 0.306. The van der Waals surface area contributed by atoms with Crippen molar-refractivity contribution in [2.75, 3.05) is 33.8 Å². The summed E-state index contributed by atoms with van der Waals surface area (Å²) in [6, 6.07) is 13.9. The van der Waals surface area contributed by atoms with E-state index in [1.165, 1.54) is 4.90 Å². The molecule has 2 aromatic rings. The fourth-order valence-electron chi connectivity index (χ4n) is 3.66. The lowest BCUT2D eigenvalue weighted by molar-refractivity contribution is -0.140. The number of amides is 1. The SMILES string of the molecule is C=CCOc1ccc(/C(O)=C2\C(=O)C(=O)N(CCN(C)C)C2c2ccccc2)cc1C. The fourth-order valence-corrected chi connectivity index (χ4v) is 3.66. The normalized spacial score (nSPS) is 17.9. The number of carbonyl (C=O) groups excluding carboxylic acids is 2. The number of aliphatic hydroxyl groups is 1. The maximum absolute atomic E-state index is 13.0. The number of nitrogens with zero attached hydrogens (tertiary/aromatic N) is 2. The predicted octanol–water partition coefficient (Wildman–Crippen LogP) is 3.54. The van der Waals surface area contributed by atoms with Crippen LogP contribution >= 0.6 is 0 Å². The highest BCUT2D eigenvalue weighted by atomic mass is 16.5. The molecule has 1 aliphatic rings. The fraction of sp³-hybridized carbons (Fsp3) is 0.280. The van der Waals surface area contributed by atoms with Crippen LogP contribution in [0.5, 0.6) is 5.75 Å². The lowest BCUT2D eigenvalue weighted by atomic mass is 9.95. The van der Waals surface area contributed by atoms with Gasteiger partial charge in [0.05, 0.1) is 11.6 Å². The average molecular weight is 421 g/mol. The second-order valence-electron chi connectivity index (χ2n) is 7.79. The Bertz CT molecular complexity index is 1010. The summed E-state index contributed by atoms with van der Waals surface area (Å²) in [6.45, 7) is 6.85. The molecule has 1 aliphatic heterocycles. The van der Waals surface area contributed by atoms with Gasteiger partial charge in [0.2, 0.25) is 0 Å². The van der Waals surface area contributed by atoms with Gasteiger partial charge >= 0.3 is 0 Å². The summed E-state index contributed by atoms with van der Waals surface area (Å²) in [4.78, 5) is 29.4. The minimum absolute atomic E-state index is 0.106. The first-order chi connectivity index (χ1) is 14.8. The molecule has 1 unspecified atom stereocenters. The highest BCUT2D eigenvalue weighted by molar-refractivity contribution is 6.46. The van der Waals surface area contributed by atoms with Crippen LogP contribution in [0.3, 0.4) is 0 Å². The van der Waals surface area contributed by atoms with Gasteiger partial charge < -0.3 is 19.6 Å². The van der Waals surface area contributed by atoms with Crippen molar-refractivity contribution in [2.45, 2.75) is 13.0 Å². The Balaban J connectivity index is 2.08. The molecule has 0 radical (unpaired) electrons. The van der Waals surface area contributed by atoms with E-state index in [1.54, 1.807) is 24.3 Å². The third-order valence-corrected chi connectivity index (χ3v) is 5.25. The maximum atomic E-state index is 13.0. The molecule has 1 fully saturated rings. The summed E-state index contributed by atoms with van der Waals surface area (Å²) in [5.41, 5.74) is 2.16. The number of carbonyl (C=O) groups is 2. The first kappa shape index (κ1) is 22.3. The van der Waals surface area contributed by atoms with Crippen molar-refractivity contribution in [1.29, 1.82) is 0 Å². The zero-order valence-corrected chi connectivity index (χ0v) is 18.2. The second kappa shape index (κ2) is 9.62. The highest BCUT2D eigenvalue weighted by Gasteiger charge is 2.45. The molecule has 6 heteroatoms. The van der Waals surface area contributed by atoms with Crippen LogP contribution in [-0.4, -0.2) is 60.4 Å². The number of likely N-dealkylation sites (tertiary alicyclic amines) is 1. The number of aryl methyl sites for hydroxylation is 1. The molecule has 1 N–H and O–H groups in total. The van der Waals surface area contributed by atoms with Gasteiger partial charge in [-0.2, -0.15) is 0 Å². The molecule has 0 aliphatic carbocycles. The minimum atomic E-state index is -0.672. The van der Waals surface area contributed by atoms with Gasteiger partial charge in [-0.25, -0.2) is 0 Å². The van der Waals surface area contributed by atoms with Gasteiger partial charge in [0, 0.05) is 18.7 Å². The summed E-state index contributed by atoms with van der Waals surface area (Å²) >= 11 is 0. The minimum Gasteiger partial charge on any atom is -0.507 e. The van der Waals surface area contributed by atoms with Gasteiger partial charge in [-0.3, -0.25) is 9.59 Å². The Morgan fingerprint density at radius 2 is 1.90 bits per heavy atom. The molecule has 0 bridgehead atoms. The molecule has 162 valence electrons. The van der Waals surface area contributed by atoms with Crippen LogP contribution in [0.1, 0.15) is 22.7 Å². The molecule has 2 aromatic carbocycles. The van der Waals surface area contributed by atoms with E-state index >= 15 is 0 Å². The number of Topliss-reactive ketones (excluding diaryl/α,β-unsaturated/α-hetero) is 1. The van der Waals surface area contributed by atoms with Crippen molar-refractivity contribution in [3.8, 4) is 5.75 Å². The van der Waals surface area contributed by atoms with Crippen LogP contribution in [0.2, 0.25) is 0 Å². The van der Waals surface area contributed by atoms with Gasteiger partial charge in [-0.05, 0) is 50.3 Å². The van der Waals surface area contributed by atoms with E-state index in [1.807, 2.05) is 56.3 Å². The average Bonchev–Trinajstić information content (AvgIpc) is 3.01. The van der Waals surface area contributed by atoms with Crippen molar-refractivity contribution in [3.63, 3.8) is 0 Å². The zero-order chi connectivity index (χ0) is 22.5. The van der Waals surface area contributed by atoms with Crippen LogP contribution in [0.4, 0.5) is 0 Å². The van der Waals surface area contributed by atoms with Crippen molar-refractivity contribution >= 4 is 17.4 Å². The third-order valence-electron chi connectivity index (χ3n) is 5.25. The Hall–Kier alpha value is -3.38. The standard InChI is InChI=1S/C25H28N2O4/c1-5-15-31-20-12-11-19(16-17(20)2)23(28)21-22(18-9-7-6-8-10-18)27(14-13-26(3)4)25(30)24(21)29/h5-12,16,22,28H,1,13-15H2,2-4H3/b23-21+. The molecular weight excluding hydrogens is 392 g/mol. The molecule has 1 heterocycles. The molecule has 0 spiro atoms. The van der Waals surface area contributed by atoms with E-state index in [2.05, 4.69) is 6.58 Å². The van der Waals surface area contributed by atoms with Crippen molar-refractivity contribution in [1.82, 2.24) is 9.80 Å². The maximum Gasteiger partial charge on any atom is 0.295 e. The van der Waals surface area contributed by atoms with E-state index in [0.29, 0.717) is 31.0 Å². The van der Waals surface area contributed by atoms with E-state index in [0.717, 1.165) is 11.1 Å². The van der Waals surface area contributed by atoms with Crippen LogP contribution in [0, 0.1) is 6.92 Å². The first-order valence-corrected chi connectivity index (χ1v) is 10.2. The number of rotatable bonds is 8. The summed E-state index contributed by atoms with van der Waals surface area (Å²) < 4.78 is 5.60. The van der Waals surface area contributed by atoms with Crippen LogP contribution in [0.15, 0.2) is 66.8 Å². The lowest BCUT2D eigenvalue weighted by Gasteiger charge is -2.26. The van der Waals surface area contributed by atoms with Crippen molar-refractivity contribution < 1.29 is 19.4 Å². The topological polar surface area (TPSA) is 70.1 Å². The molecule has 0 aromatic heterocycles. The smallest absolute Gasteiger partial charge is 0.295 e. The number of ketones is 1. The predicted molar refractivity (Wildman–Crippen MR) is 121 cm³/mol. The molecule has 6 nitrogen and oxygen atoms in total. The monoisotopic (exact) mass is 420 g/mol. The molecule has 1 atom stereocenters. The van der Waals surface area contributed by atoms with Crippen molar-refractivity contribution in [2.24, 2.45) is 0 Å². The third kappa shape index (κ3) is 4.70. The number of aliphatic hydroxyl groups excluding tert-OH is 1. The van der Waals surface area contributed by atoms with Crippen LogP contribution in [-0.2, 0) is 9.59 Å². The first-order valence-electron chi connectivity index (χ1n) is 10.2. The lowest BCUT2D eigenvalue weighted by Crippen LogP contribution is -2.35. The van der Waals surface area contributed by atoms with Gasteiger partial charge in [0.1, 0.15) is 18.1 Å². The summed E-state index contributed by atoms with van der Waals surface area (Å²) in [7, 11) is 3.82. The Morgan fingerprint density at radius 3 is 2.52 bits per heavy atom. The van der Waals surface area contributed by atoms with E-state index < -0.39 is 17.7 Å². The van der Waals surface area contributed by atoms with Crippen molar-refractivity contribution in [3.05, 3.63) is 83.4 Å². The molecule has 1 amide bonds. The van der Waals surface area contributed by atoms with Gasteiger partial charge in [0.25, 0.3) is 11.7 Å². The number of benzene rings is 2. The number of hydrogen-bond acceptors (Lipinski definition) is 5. The molecule has 31 heavy (non-hydrogen) atoms. The second-order valence-corrected chi connectivity index (χ2v) is 7.79. The molecule has 0 saturated carbocycles. The Kier molecular flexibility index (Phi) is 6.92. The molecule has 3 rings (SSSR count). The highest BCUT2D eigenvalue weighted by Crippen LogP contribution is 2.39. The zero-order valence-electron chi connectivity index (χ0n) is 18.2. The largest absolute Gasteiger partial charge is 0.507 e. The Labute approximate surface area is 183 Å². The van der Waals surface area contributed by atoms with E-state index in [4.69, 9.17) is 4.74 Å².